The van der Waals surface area contributed by atoms with E-state index in [4.69, 9.17) is 4.74 Å². The van der Waals surface area contributed by atoms with E-state index in [1.54, 1.807) is 6.08 Å². The fraction of sp³-hybridized carbons (Fsp3) is 0.800. The van der Waals surface area contributed by atoms with Gasteiger partial charge in [0.1, 0.15) is 6.10 Å². The summed E-state index contributed by atoms with van der Waals surface area (Å²) in [5, 5.41) is 0. The Bertz CT molecular complexity index is 358. The molecule has 2 fully saturated rings. The number of carbonyl (C=O) groups is 1. The minimum atomic E-state index is 0.171. The van der Waals surface area contributed by atoms with Crippen LogP contribution < -0.4 is 0 Å². The van der Waals surface area contributed by atoms with E-state index >= 15 is 0 Å². The molecule has 0 spiro atoms. The van der Waals surface area contributed by atoms with Gasteiger partial charge in [-0.3, -0.25) is 4.79 Å². The van der Waals surface area contributed by atoms with Crippen LogP contribution in [0, 0.1) is 23.7 Å². The summed E-state index contributed by atoms with van der Waals surface area (Å²) < 4.78 is 5.88. The van der Waals surface area contributed by atoms with E-state index in [1.165, 1.54) is 25.7 Å². The van der Waals surface area contributed by atoms with Crippen molar-refractivity contribution in [3.63, 3.8) is 0 Å². The smallest absolute Gasteiger partial charge is 0.166 e. The van der Waals surface area contributed by atoms with Crippen LogP contribution in [0.5, 0.6) is 0 Å². The molecule has 3 rings (SSSR count). The summed E-state index contributed by atoms with van der Waals surface area (Å²) in [5.41, 5.74) is 0. The van der Waals surface area contributed by atoms with E-state index in [-0.39, 0.29) is 12.0 Å². The molecule has 5 unspecified atom stereocenters. The van der Waals surface area contributed by atoms with Crippen LogP contribution in [0.2, 0.25) is 0 Å². The van der Waals surface area contributed by atoms with Gasteiger partial charge in [0.2, 0.25) is 0 Å². The SMILES string of the molecule is CC1=CC(=O)C2C(CCC3CC(C)CCC32)O1. The van der Waals surface area contributed by atoms with Crippen LogP contribution in [-0.2, 0) is 9.53 Å². The highest BCUT2D eigenvalue weighted by Crippen LogP contribution is 2.48. The van der Waals surface area contributed by atoms with E-state index < -0.39 is 0 Å². The van der Waals surface area contributed by atoms with Gasteiger partial charge in [-0.1, -0.05) is 13.3 Å². The molecule has 0 amide bonds. The van der Waals surface area contributed by atoms with E-state index in [9.17, 15) is 4.79 Å². The first-order valence-corrected chi connectivity index (χ1v) is 7.04. The lowest BCUT2D eigenvalue weighted by molar-refractivity contribution is -0.134. The van der Waals surface area contributed by atoms with Crippen LogP contribution in [0.25, 0.3) is 0 Å². The van der Waals surface area contributed by atoms with Crippen LogP contribution >= 0.6 is 0 Å². The molecule has 1 heterocycles. The zero-order valence-corrected chi connectivity index (χ0v) is 10.8. The van der Waals surface area contributed by atoms with E-state index in [0.717, 1.165) is 24.0 Å². The first kappa shape index (κ1) is 11.3. The first-order valence-electron chi connectivity index (χ1n) is 7.04. The second-order valence-electron chi connectivity index (χ2n) is 6.26. The molecule has 94 valence electrons. The molecule has 2 nitrogen and oxygen atoms in total. The molecule has 0 aromatic heterocycles. The third-order valence-corrected chi connectivity index (χ3v) is 5.00. The summed E-state index contributed by atoms with van der Waals surface area (Å²) in [6, 6.07) is 0. The lowest BCUT2D eigenvalue weighted by Crippen LogP contribution is -2.47. The Hall–Kier alpha value is -0.790. The summed E-state index contributed by atoms with van der Waals surface area (Å²) in [6.45, 7) is 4.26. The Balaban J connectivity index is 1.84. The number of ketones is 1. The zero-order chi connectivity index (χ0) is 12.0. The number of ether oxygens (including phenoxy) is 1. The minimum absolute atomic E-state index is 0.171. The molecule has 0 saturated heterocycles. The van der Waals surface area contributed by atoms with Gasteiger partial charge in [0.15, 0.2) is 5.78 Å². The van der Waals surface area contributed by atoms with Gasteiger partial charge in [0.05, 0.1) is 11.7 Å². The first-order chi connectivity index (χ1) is 8.15. The molecular weight excluding hydrogens is 212 g/mol. The van der Waals surface area contributed by atoms with Gasteiger partial charge < -0.3 is 4.74 Å². The molecular formula is C15H22O2. The average Bonchev–Trinajstić information content (AvgIpc) is 2.28. The molecule has 0 N–H and O–H groups in total. The maximum atomic E-state index is 12.2. The lowest BCUT2D eigenvalue weighted by Gasteiger charge is -2.47. The number of hydrogen-bond donors (Lipinski definition) is 0. The van der Waals surface area contributed by atoms with Crippen LogP contribution in [0.4, 0.5) is 0 Å². The van der Waals surface area contributed by atoms with Crippen molar-refractivity contribution in [2.45, 2.75) is 52.1 Å². The molecule has 0 aromatic rings. The second kappa shape index (κ2) is 4.15. The van der Waals surface area contributed by atoms with Crippen molar-refractivity contribution in [1.82, 2.24) is 0 Å². The Kier molecular flexibility index (Phi) is 2.76. The van der Waals surface area contributed by atoms with Crippen LogP contribution in [0.3, 0.4) is 0 Å². The highest BCUT2D eigenvalue weighted by atomic mass is 16.5. The molecule has 0 radical (unpaired) electrons. The van der Waals surface area contributed by atoms with Crippen molar-refractivity contribution < 1.29 is 9.53 Å². The van der Waals surface area contributed by atoms with E-state index in [1.807, 2.05) is 6.92 Å². The molecule has 0 bridgehead atoms. The fourth-order valence-electron chi connectivity index (χ4n) is 4.26. The Morgan fingerprint density at radius 1 is 1.24 bits per heavy atom. The Morgan fingerprint density at radius 2 is 2.06 bits per heavy atom. The van der Waals surface area contributed by atoms with Gasteiger partial charge in [-0.15, -0.1) is 0 Å². The largest absolute Gasteiger partial charge is 0.494 e. The molecule has 2 heteroatoms. The maximum absolute atomic E-state index is 12.2. The van der Waals surface area contributed by atoms with Crippen molar-refractivity contribution >= 4 is 5.78 Å². The standard InChI is InChI=1S/C15H22O2/c1-9-3-5-12-11(7-9)4-6-14-15(12)13(16)8-10(2)17-14/h8-9,11-12,14-15H,3-7H2,1-2H3. The molecule has 2 saturated carbocycles. The molecule has 5 atom stereocenters. The van der Waals surface area contributed by atoms with Gasteiger partial charge in [0.25, 0.3) is 0 Å². The predicted octanol–water partition coefficient (Wildman–Crippen LogP) is 3.32. The highest BCUT2D eigenvalue weighted by molar-refractivity contribution is 5.93. The highest BCUT2D eigenvalue weighted by Gasteiger charge is 2.46. The maximum Gasteiger partial charge on any atom is 0.166 e. The lowest BCUT2D eigenvalue weighted by atomic mass is 9.61. The number of hydrogen-bond acceptors (Lipinski definition) is 2. The fourth-order valence-corrected chi connectivity index (χ4v) is 4.26. The van der Waals surface area contributed by atoms with E-state index in [2.05, 4.69) is 6.92 Å². The molecule has 1 aliphatic heterocycles. The van der Waals surface area contributed by atoms with Crippen LogP contribution in [-0.4, -0.2) is 11.9 Å². The van der Waals surface area contributed by atoms with Crippen molar-refractivity contribution in [3.8, 4) is 0 Å². The third kappa shape index (κ3) is 1.92. The quantitative estimate of drug-likeness (QED) is 0.642. The van der Waals surface area contributed by atoms with Gasteiger partial charge >= 0.3 is 0 Å². The zero-order valence-electron chi connectivity index (χ0n) is 10.8. The molecule has 0 aromatic carbocycles. The average molecular weight is 234 g/mol. The van der Waals surface area contributed by atoms with Gasteiger partial charge in [-0.05, 0) is 50.4 Å². The van der Waals surface area contributed by atoms with Gasteiger partial charge in [0, 0.05) is 6.08 Å². The summed E-state index contributed by atoms with van der Waals surface area (Å²) >= 11 is 0. The van der Waals surface area contributed by atoms with Crippen LogP contribution in [0.1, 0.15) is 46.0 Å². The number of fused-ring (bicyclic) bond motifs is 3. The van der Waals surface area contributed by atoms with Crippen molar-refractivity contribution in [2.75, 3.05) is 0 Å². The van der Waals surface area contributed by atoms with Crippen LogP contribution in [0.15, 0.2) is 11.8 Å². The predicted molar refractivity (Wildman–Crippen MR) is 66.4 cm³/mol. The Labute approximate surface area is 103 Å². The summed E-state index contributed by atoms with van der Waals surface area (Å²) in [5.74, 6) is 3.55. The number of carbonyl (C=O) groups excluding carboxylic acids is 1. The molecule has 2 aliphatic carbocycles. The normalized spacial score (nSPS) is 45.4. The summed E-state index contributed by atoms with van der Waals surface area (Å²) in [6.07, 6.45) is 8.09. The van der Waals surface area contributed by atoms with Gasteiger partial charge in [-0.2, -0.15) is 0 Å². The Morgan fingerprint density at radius 3 is 2.88 bits per heavy atom. The minimum Gasteiger partial charge on any atom is -0.494 e. The van der Waals surface area contributed by atoms with Gasteiger partial charge in [-0.25, -0.2) is 0 Å². The van der Waals surface area contributed by atoms with E-state index in [0.29, 0.717) is 11.7 Å². The van der Waals surface area contributed by atoms with Crippen molar-refractivity contribution in [2.24, 2.45) is 23.7 Å². The summed E-state index contributed by atoms with van der Waals surface area (Å²) in [7, 11) is 0. The number of allylic oxidation sites excluding steroid dienone is 2. The molecule has 17 heavy (non-hydrogen) atoms. The second-order valence-corrected chi connectivity index (χ2v) is 6.26. The van der Waals surface area contributed by atoms with Crippen molar-refractivity contribution in [1.29, 1.82) is 0 Å². The third-order valence-electron chi connectivity index (χ3n) is 5.00. The number of rotatable bonds is 0. The van der Waals surface area contributed by atoms with Crippen molar-refractivity contribution in [3.05, 3.63) is 11.8 Å². The monoisotopic (exact) mass is 234 g/mol. The topological polar surface area (TPSA) is 26.3 Å². The summed E-state index contributed by atoms with van der Waals surface area (Å²) in [4.78, 5) is 12.2. The molecule has 3 aliphatic rings.